The molecule has 3 aromatic carbocycles. The van der Waals surface area contributed by atoms with Gasteiger partial charge in [-0.3, -0.25) is 9.79 Å². The second kappa shape index (κ2) is 16.6. The fraction of sp³-hybridized carbons (Fsp3) is 0.273. The van der Waals surface area contributed by atoms with Crippen LogP contribution in [0.2, 0.25) is 0 Å². The van der Waals surface area contributed by atoms with Crippen molar-refractivity contribution in [3.8, 4) is 22.6 Å². The minimum atomic E-state index is -0.228. The van der Waals surface area contributed by atoms with Gasteiger partial charge in [-0.15, -0.1) is 0 Å². The number of allylic oxidation sites excluding steroid dienone is 1. The summed E-state index contributed by atoms with van der Waals surface area (Å²) in [7, 11) is 1.62. The van der Waals surface area contributed by atoms with E-state index in [0.717, 1.165) is 53.3 Å². The predicted molar refractivity (Wildman–Crippen MR) is 165 cm³/mol. The van der Waals surface area contributed by atoms with Gasteiger partial charge in [0.25, 0.3) is 0 Å². The summed E-state index contributed by atoms with van der Waals surface area (Å²) in [6, 6.07) is 21.5. The molecule has 0 aromatic heterocycles. The lowest BCUT2D eigenvalue weighted by molar-refractivity contribution is -0.111. The monoisotopic (exact) mass is 541 g/mol. The molecule has 7 heteroatoms. The lowest BCUT2D eigenvalue weighted by Crippen LogP contribution is -2.08. The van der Waals surface area contributed by atoms with Crippen LogP contribution in [0.4, 0.5) is 5.69 Å². The third kappa shape index (κ3) is 10.1. The van der Waals surface area contributed by atoms with Gasteiger partial charge >= 0.3 is 0 Å². The molecule has 3 aromatic rings. The zero-order valence-electron chi connectivity index (χ0n) is 23.8. The average Bonchev–Trinajstić information content (AvgIpc) is 2.97. The van der Waals surface area contributed by atoms with E-state index in [2.05, 4.69) is 22.5 Å². The van der Waals surface area contributed by atoms with Gasteiger partial charge in [-0.1, -0.05) is 37.3 Å². The Hall–Kier alpha value is -4.36. The highest BCUT2D eigenvalue weighted by Gasteiger charge is 2.06. The number of aliphatic imine (C=N–C) groups is 1. The van der Waals surface area contributed by atoms with E-state index in [4.69, 9.17) is 14.2 Å². The zero-order chi connectivity index (χ0) is 28.6. The summed E-state index contributed by atoms with van der Waals surface area (Å²) in [5, 5.41) is 6.03. The van der Waals surface area contributed by atoms with Crippen molar-refractivity contribution in [3.05, 3.63) is 89.6 Å². The van der Waals surface area contributed by atoms with Crippen molar-refractivity contribution in [3.63, 3.8) is 0 Å². The summed E-state index contributed by atoms with van der Waals surface area (Å²) >= 11 is 0. The van der Waals surface area contributed by atoms with Gasteiger partial charge in [0.15, 0.2) is 0 Å². The molecule has 0 aliphatic carbocycles. The molecule has 0 aliphatic heterocycles. The fourth-order valence-electron chi connectivity index (χ4n) is 3.80. The van der Waals surface area contributed by atoms with Crippen LogP contribution < -0.4 is 20.1 Å². The highest BCUT2D eigenvalue weighted by atomic mass is 16.5. The number of carbonyl (C=O) groups excluding carboxylic acids is 1. The number of carbonyl (C=O) groups is 1. The second-order valence-electron chi connectivity index (χ2n) is 8.99. The first-order valence-electron chi connectivity index (χ1n) is 13.5. The van der Waals surface area contributed by atoms with Crippen LogP contribution in [0.3, 0.4) is 0 Å². The molecule has 0 unspecified atom stereocenters. The van der Waals surface area contributed by atoms with E-state index in [0.29, 0.717) is 24.7 Å². The minimum Gasteiger partial charge on any atom is -0.496 e. The van der Waals surface area contributed by atoms with Crippen LogP contribution in [0.5, 0.6) is 11.5 Å². The summed E-state index contributed by atoms with van der Waals surface area (Å²) in [6.45, 7) is 8.62. The molecular formula is C33H39N3O4. The van der Waals surface area contributed by atoms with Gasteiger partial charge in [-0.05, 0) is 85.5 Å². The standard InChI is InChI=1S/C33H39N3O4/c1-5-19-39-20-21-40-31-15-9-27(10-16-31)28-11-17-32(38-4)29(23-28)12-18-33(37)36-30-13-7-26(8-14-30)22-25(3)35-24-34-6-2/h7-18,22-24H,5-6,19-21H2,1-4H3,(H,34,35)(H,36,37)/b18-12+,25-22+. The van der Waals surface area contributed by atoms with Crippen LogP contribution in [-0.2, 0) is 9.53 Å². The quantitative estimate of drug-likeness (QED) is 0.0955. The third-order valence-corrected chi connectivity index (χ3v) is 5.80. The molecule has 0 saturated carbocycles. The molecule has 1 amide bonds. The topological polar surface area (TPSA) is 81.2 Å². The normalized spacial score (nSPS) is 11.7. The minimum absolute atomic E-state index is 0.228. The van der Waals surface area contributed by atoms with Crippen molar-refractivity contribution >= 4 is 30.1 Å². The van der Waals surface area contributed by atoms with Crippen molar-refractivity contribution < 1.29 is 19.0 Å². The fourth-order valence-corrected chi connectivity index (χ4v) is 3.80. The maximum Gasteiger partial charge on any atom is 0.248 e. The molecule has 210 valence electrons. The first-order chi connectivity index (χ1) is 19.5. The number of methoxy groups -OCH3 is 1. The highest BCUT2D eigenvalue weighted by molar-refractivity contribution is 6.02. The predicted octanol–water partition coefficient (Wildman–Crippen LogP) is 6.82. The molecular weight excluding hydrogens is 502 g/mol. The summed E-state index contributed by atoms with van der Waals surface area (Å²) in [5.41, 5.74) is 5.56. The van der Waals surface area contributed by atoms with E-state index in [1.54, 1.807) is 19.5 Å². The van der Waals surface area contributed by atoms with Crippen molar-refractivity contribution in [2.75, 3.05) is 38.8 Å². The Bertz CT molecular complexity index is 1300. The van der Waals surface area contributed by atoms with E-state index in [1.165, 1.54) is 6.08 Å². The number of nitrogens with one attached hydrogen (secondary N) is 2. The third-order valence-electron chi connectivity index (χ3n) is 5.80. The summed E-state index contributed by atoms with van der Waals surface area (Å²) in [5.74, 6) is 1.25. The number of benzene rings is 3. The highest BCUT2D eigenvalue weighted by Crippen LogP contribution is 2.29. The Morgan fingerprint density at radius 3 is 2.38 bits per heavy atom. The van der Waals surface area contributed by atoms with Crippen LogP contribution in [0.1, 0.15) is 38.3 Å². The first-order valence-corrected chi connectivity index (χ1v) is 13.5. The molecule has 0 radical (unpaired) electrons. The summed E-state index contributed by atoms with van der Waals surface area (Å²) in [4.78, 5) is 16.8. The van der Waals surface area contributed by atoms with Crippen molar-refractivity contribution in [1.82, 2.24) is 5.32 Å². The van der Waals surface area contributed by atoms with Gasteiger partial charge in [0.1, 0.15) is 18.1 Å². The van der Waals surface area contributed by atoms with Gasteiger partial charge in [0.05, 0.1) is 20.1 Å². The van der Waals surface area contributed by atoms with Crippen molar-refractivity contribution in [2.45, 2.75) is 27.2 Å². The Morgan fingerprint density at radius 1 is 0.925 bits per heavy atom. The number of hydrogen-bond acceptors (Lipinski definition) is 5. The second-order valence-corrected chi connectivity index (χ2v) is 8.99. The lowest BCUT2D eigenvalue weighted by atomic mass is 10.0. The van der Waals surface area contributed by atoms with Gasteiger partial charge in [0, 0.05) is 36.2 Å². The van der Waals surface area contributed by atoms with Gasteiger partial charge in [0.2, 0.25) is 5.91 Å². The van der Waals surface area contributed by atoms with Crippen LogP contribution in [0.15, 0.2) is 83.5 Å². The van der Waals surface area contributed by atoms with Crippen molar-refractivity contribution in [1.29, 1.82) is 0 Å². The Labute approximate surface area is 237 Å². The van der Waals surface area contributed by atoms with Gasteiger partial charge < -0.3 is 24.8 Å². The maximum absolute atomic E-state index is 12.6. The molecule has 2 N–H and O–H groups in total. The van der Waals surface area contributed by atoms with E-state index in [9.17, 15) is 4.79 Å². The number of amides is 1. The Morgan fingerprint density at radius 2 is 1.68 bits per heavy atom. The van der Waals surface area contributed by atoms with E-state index in [1.807, 2.05) is 86.7 Å². The number of hydrogen-bond donors (Lipinski definition) is 2. The molecule has 0 heterocycles. The molecule has 0 bridgehead atoms. The molecule has 0 aliphatic rings. The Kier molecular flexibility index (Phi) is 12.5. The number of ether oxygens (including phenoxy) is 3. The summed E-state index contributed by atoms with van der Waals surface area (Å²) < 4.78 is 16.7. The number of nitrogens with zero attached hydrogens (tertiary/aromatic N) is 1. The van der Waals surface area contributed by atoms with Gasteiger partial charge in [-0.2, -0.15) is 0 Å². The SMILES string of the molecule is CCCOCCOc1ccc(-c2ccc(OC)c(/C=C/C(=O)Nc3ccc(/C=C(\C)NC=NCC)cc3)c2)cc1. The zero-order valence-corrected chi connectivity index (χ0v) is 23.8. The van der Waals surface area contributed by atoms with Crippen LogP contribution in [0, 0.1) is 0 Å². The van der Waals surface area contributed by atoms with E-state index in [-0.39, 0.29) is 5.91 Å². The first kappa shape index (κ1) is 30.2. The smallest absolute Gasteiger partial charge is 0.248 e. The molecule has 3 rings (SSSR count). The molecule has 7 nitrogen and oxygen atoms in total. The van der Waals surface area contributed by atoms with Crippen LogP contribution in [0.25, 0.3) is 23.3 Å². The molecule has 0 fully saturated rings. The average molecular weight is 542 g/mol. The van der Waals surface area contributed by atoms with Crippen LogP contribution in [-0.4, -0.2) is 45.7 Å². The number of rotatable bonds is 15. The number of anilines is 1. The largest absolute Gasteiger partial charge is 0.496 e. The molecule has 0 spiro atoms. The van der Waals surface area contributed by atoms with E-state index < -0.39 is 0 Å². The molecule has 0 atom stereocenters. The molecule has 0 saturated heterocycles. The maximum atomic E-state index is 12.6. The lowest BCUT2D eigenvalue weighted by Gasteiger charge is -2.10. The van der Waals surface area contributed by atoms with Crippen LogP contribution >= 0.6 is 0 Å². The summed E-state index contributed by atoms with van der Waals surface area (Å²) in [6.07, 6.45) is 7.97. The Balaban J connectivity index is 1.61. The van der Waals surface area contributed by atoms with Crippen molar-refractivity contribution in [2.24, 2.45) is 4.99 Å². The van der Waals surface area contributed by atoms with E-state index >= 15 is 0 Å². The van der Waals surface area contributed by atoms with Gasteiger partial charge in [-0.25, -0.2) is 0 Å². The molecule has 40 heavy (non-hydrogen) atoms.